The highest BCUT2D eigenvalue weighted by molar-refractivity contribution is 5.87. The molecule has 0 spiro atoms. The number of rotatable bonds is 3. The van der Waals surface area contributed by atoms with E-state index in [0.717, 1.165) is 5.56 Å². The van der Waals surface area contributed by atoms with E-state index in [1.165, 1.54) is 7.11 Å². The Morgan fingerprint density at radius 1 is 1.24 bits per heavy atom. The number of nitrogens with zero attached hydrogens (tertiary/aromatic N) is 1. The van der Waals surface area contributed by atoms with Gasteiger partial charge in [0.1, 0.15) is 11.4 Å². The molecule has 1 aromatic rings. The maximum atomic E-state index is 11.8. The molecule has 0 unspecified atom stereocenters. The Morgan fingerprint density at radius 3 is 2.33 bits per heavy atom. The number of carbonyl (C=O) groups excluding carboxylic acids is 1. The Hall–Kier alpha value is -2.22. The van der Waals surface area contributed by atoms with Gasteiger partial charge in [-0.25, -0.2) is 4.79 Å². The number of nitrogens with one attached hydrogen (secondary N) is 1. The van der Waals surface area contributed by atoms with E-state index in [-0.39, 0.29) is 0 Å². The van der Waals surface area contributed by atoms with Gasteiger partial charge in [0.25, 0.3) is 0 Å². The summed E-state index contributed by atoms with van der Waals surface area (Å²) in [5, 5.41) is 11.8. The van der Waals surface area contributed by atoms with Crippen molar-refractivity contribution in [1.29, 1.82) is 5.26 Å². The summed E-state index contributed by atoms with van der Waals surface area (Å²) in [5.41, 5.74) is 0.124. The van der Waals surface area contributed by atoms with Crippen LogP contribution < -0.4 is 10.1 Å². The summed E-state index contributed by atoms with van der Waals surface area (Å²) < 4.78 is 10.5. The zero-order valence-electron chi connectivity index (χ0n) is 13.4. The van der Waals surface area contributed by atoms with Gasteiger partial charge in [-0.1, -0.05) is 6.07 Å². The van der Waals surface area contributed by atoms with Gasteiger partial charge < -0.3 is 9.47 Å². The summed E-state index contributed by atoms with van der Waals surface area (Å²) in [5.74, 6) is 0.488. The molecule has 0 atom stereocenters. The number of amides is 1. The summed E-state index contributed by atoms with van der Waals surface area (Å²) in [6.07, 6.45) is -0.548. The van der Waals surface area contributed by atoms with Crippen molar-refractivity contribution in [3.05, 3.63) is 23.8 Å². The average molecular weight is 290 g/mol. The molecule has 1 N–H and O–H groups in total. The van der Waals surface area contributed by atoms with Crippen LogP contribution in [0.3, 0.4) is 0 Å². The fourth-order valence-corrected chi connectivity index (χ4v) is 1.66. The van der Waals surface area contributed by atoms with Crippen molar-refractivity contribution in [2.75, 3.05) is 12.4 Å². The molecule has 0 bridgehead atoms. The van der Waals surface area contributed by atoms with Crippen molar-refractivity contribution < 1.29 is 14.3 Å². The molecule has 0 fully saturated rings. The molecule has 1 rings (SSSR count). The highest BCUT2D eigenvalue weighted by Crippen LogP contribution is 2.31. The molecule has 0 aliphatic carbocycles. The number of benzene rings is 1. The second-order valence-corrected chi connectivity index (χ2v) is 6.28. The lowest BCUT2D eigenvalue weighted by Crippen LogP contribution is -2.27. The van der Waals surface area contributed by atoms with Gasteiger partial charge in [-0.3, -0.25) is 5.32 Å². The van der Waals surface area contributed by atoms with Gasteiger partial charge >= 0.3 is 6.09 Å². The number of hydrogen-bond acceptors (Lipinski definition) is 4. The van der Waals surface area contributed by atoms with Crippen LogP contribution in [0.5, 0.6) is 5.75 Å². The van der Waals surface area contributed by atoms with Crippen LogP contribution in [0, 0.1) is 11.3 Å². The molecule has 0 saturated heterocycles. The van der Waals surface area contributed by atoms with E-state index >= 15 is 0 Å². The second kappa shape index (κ2) is 6.04. The molecule has 0 aliphatic heterocycles. The third-order valence-corrected chi connectivity index (χ3v) is 2.84. The maximum absolute atomic E-state index is 11.8. The van der Waals surface area contributed by atoms with Crippen LogP contribution in [0.4, 0.5) is 10.5 Å². The Balaban J connectivity index is 3.01. The Kier molecular flexibility index (Phi) is 4.84. The molecular formula is C16H22N2O3. The van der Waals surface area contributed by atoms with E-state index in [9.17, 15) is 10.1 Å². The molecule has 0 radical (unpaired) electrons. The molecule has 5 nitrogen and oxygen atoms in total. The lowest BCUT2D eigenvalue weighted by molar-refractivity contribution is 0.0635. The highest BCUT2D eigenvalue weighted by atomic mass is 16.6. The predicted octanol–water partition coefficient (Wildman–Crippen LogP) is 3.84. The highest BCUT2D eigenvalue weighted by Gasteiger charge is 2.22. The van der Waals surface area contributed by atoms with Gasteiger partial charge in [0, 0.05) is 0 Å². The Morgan fingerprint density at radius 2 is 1.86 bits per heavy atom. The van der Waals surface area contributed by atoms with Gasteiger partial charge in [-0.05, 0) is 52.3 Å². The van der Waals surface area contributed by atoms with Crippen LogP contribution in [0.15, 0.2) is 18.2 Å². The first-order valence-corrected chi connectivity index (χ1v) is 6.69. The quantitative estimate of drug-likeness (QED) is 0.918. The minimum atomic E-state index is -0.627. The van der Waals surface area contributed by atoms with Crippen LogP contribution in [-0.4, -0.2) is 18.8 Å². The third kappa shape index (κ3) is 4.67. The van der Waals surface area contributed by atoms with Gasteiger partial charge in [0.2, 0.25) is 0 Å². The van der Waals surface area contributed by atoms with Crippen LogP contribution in [0.25, 0.3) is 0 Å². The number of methoxy groups -OCH3 is 1. The minimum absolute atomic E-state index is 0.488. The van der Waals surface area contributed by atoms with E-state index < -0.39 is 17.1 Å². The first kappa shape index (κ1) is 16.8. The first-order chi connectivity index (χ1) is 9.59. The van der Waals surface area contributed by atoms with Crippen molar-refractivity contribution in [2.45, 2.75) is 45.6 Å². The molecule has 0 aromatic heterocycles. The van der Waals surface area contributed by atoms with Gasteiger partial charge in [0.05, 0.1) is 24.3 Å². The van der Waals surface area contributed by atoms with Gasteiger partial charge in [0.15, 0.2) is 0 Å². The second-order valence-electron chi connectivity index (χ2n) is 6.28. The van der Waals surface area contributed by atoms with Crippen LogP contribution >= 0.6 is 0 Å². The van der Waals surface area contributed by atoms with Crippen LogP contribution in [0.2, 0.25) is 0 Å². The van der Waals surface area contributed by atoms with Crippen LogP contribution in [0.1, 0.15) is 40.2 Å². The SMILES string of the molecule is COc1cc(C(C)(C)C#N)ccc1NC(=O)OC(C)(C)C. The van der Waals surface area contributed by atoms with Crippen molar-refractivity contribution in [3.8, 4) is 11.8 Å². The molecule has 21 heavy (non-hydrogen) atoms. The maximum Gasteiger partial charge on any atom is 0.412 e. The molecular weight excluding hydrogens is 268 g/mol. The number of nitriles is 1. The topological polar surface area (TPSA) is 71.3 Å². The van der Waals surface area contributed by atoms with Gasteiger partial charge in [-0.2, -0.15) is 5.26 Å². The summed E-state index contributed by atoms with van der Waals surface area (Å²) in [4.78, 5) is 11.8. The summed E-state index contributed by atoms with van der Waals surface area (Å²) in [7, 11) is 1.51. The lowest BCUT2D eigenvalue weighted by atomic mass is 9.86. The summed E-state index contributed by atoms with van der Waals surface area (Å²) >= 11 is 0. The van der Waals surface area contributed by atoms with Crippen molar-refractivity contribution >= 4 is 11.8 Å². The van der Waals surface area contributed by atoms with E-state index in [1.54, 1.807) is 39.0 Å². The number of anilines is 1. The fourth-order valence-electron chi connectivity index (χ4n) is 1.66. The smallest absolute Gasteiger partial charge is 0.412 e. The van der Waals surface area contributed by atoms with Crippen molar-refractivity contribution in [2.24, 2.45) is 0 Å². The fraction of sp³-hybridized carbons (Fsp3) is 0.500. The molecule has 114 valence electrons. The monoisotopic (exact) mass is 290 g/mol. The normalized spacial score (nSPS) is 11.5. The van der Waals surface area contributed by atoms with Crippen molar-refractivity contribution in [3.63, 3.8) is 0 Å². The van der Waals surface area contributed by atoms with E-state index in [4.69, 9.17) is 9.47 Å². The summed E-state index contributed by atoms with van der Waals surface area (Å²) in [6, 6.07) is 7.47. The largest absolute Gasteiger partial charge is 0.495 e. The molecule has 1 amide bonds. The number of ether oxygens (including phenoxy) is 2. The Bertz CT molecular complexity index is 566. The number of carbonyl (C=O) groups is 1. The zero-order valence-corrected chi connectivity index (χ0v) is 13.4. The standard InChI is InChI=1S/C16H22N2O3/c1-15(2,3)21-14(19)18-12-8-7-11(9-13(12)20-6)16(4,5)10-17/h7-9H,1-6H3,(H,18,19). The van der Waals surface area contributed by atoms with Crippen molar-refractivity contribution in [1.82, 2.24) is 0 Å². The van der Waals surface area contributed by atoms with E-state index in [0.29, 0.717) is 11.4 Å². The molecule has 5 heteroatoms. The third-order valence-electron chi connectivity index (χ3n) is 2.84. The summed E-state index contributed by atoms with van der Waals surface area (Å²) in [6.45, 7) is 9.03. The van der Waals surface area contributed by atoms with Gasteiger partial charge in [-0.15, -0.1) is 0 Å². The first-order valence-electron chi connectivity index (χ1n) is 6.69. The molecule has 0 aliphatic rings. The van der Waals surface area contributed by atoms with Crippen LogP contribution in [-0.2, 0) is 10.2 Å². The molecule has 0 heterocycles. The van der Waals surface area contributed by atoms with E-state index in [1.807, 2.05) is 13.8 Å². The average Bonchev–Trinajstić information content (AvgIpc) is 2.36. The molecule has 1 aromatic carbocycles. The zero-order chi connectivity index (χ0) is 16.3. The molecule has 0 saturated carbocycles. The predicted molar refractivity (Wildman–Crippen MR) is 81.5 cm³/mol. The number of hydrogen-bond donors (Lipinski definition) is 1. The minimum Gasteiger partial charge on any atom is -0.495 e. The van der Waals surface area contributed by atoms with E-state index in [2.05, 4.69) is 11.4 Å². The Labute approximate surface area is 125 Å². The lowest BCUT2D eigenvalue weighted by Gasteiger charge is -2.21.